The topological polar surface area (TPSA) is 75.3 Å². The molecule has 1 atom stereocenters. The molecule has 5 heteroatoms. The van der Waals surface area contributed by atoms with E-state index in [0.29, 0.717) is 0 Å². The molecule has 0 amide bonds. The molecule has 0 radical (unpaired) electrons. The van der Waals surface area contributed by atoms with Crippen LogP contribution in [0.3, 0.4) is 0 Å². The monoisotopic (exact) mass is 290 g/mol. The van der Waals surface area contributed by atoms with Gasteiger partial charge in [0.15, 0.2) is 0 Å². The molecule has 20 heavy (non-hydrogen) atoms. The van der Waals surface area contributed by atoms with Crippen LogP contribution in [0.5, 0.6) is 0 Å². The molecular weight excluding hydrogens is 272 g/mol. The number of carbonyl (C=O) groups is 1. The van der Waals surface area contributed by atoms with Gasteiger partial charge in [-0.25, -0.2) is 4.79 Å². The number of carboxylic acids is 1. The van der Waals surface area contributed by atoms with E-state index in [4.69, 9.17) is 10.8 Å². The highest BCUT2D eigenvalue weighted by Crippen LogP contribution is 2.29. The van der Waals surface area contributed by atoms with Crippen LogP contribution in [0.4, 0.5) is 11.4 Å². The van der Waals surface area contributed by atoms with E-state index in [1.807, 2.05) is 0 Å². The molecule has 1 aromatic heterocycles. The van der Waals surface area contributed by atoms with Crippen molar-refractivity contribution in [1.29, 1.82) is 0 Å². The number of nitrogens with one attached hydrogen (secondary N) is 1. The molecule has 2 aromatic rings. The minimum atomic E-state index is -1.01. The standard InChI is InChI=1S/C15H18N2O2S/c1-8-6-13(10(3)20-8)9(2)17-11-4-5-12(15(18)19)14(16)7-11/h4-7,9,17H,16H2,1-3H3,(H,18,19). The van der Waals surface area contributed by atoms with Gasteiger partial charge in [0, 0.05) is 27.2 Å². The lowest BCUT2D eigenvalue weighted by atomic mass is 10.1. The molecule has 0 bridgehead atoms. The van der Waals surface area contributed by atoms with Crippen LogP contribution >= 0.6 is 11.3 Å². The molecule has 1 unspecified atom stereocenters. The quantitative estimate of drug-likeness (QED) is 0.748. The minimum absolute atomic E-state index is 0.130. The Morgan fingerprint density at radius 2 is 2.05 bits per heavy atom. The zero-order valence-corrected chi connectivity index (χ0v) is 12.5. The van der Waals surface area contributed by atoms with Crippen LogP contribution in [0.2, 0.25) is 0 Å². The van der Waals surface area contributed by atoms with Crippen molar-refractivity contribution in [2.75, 3.05) is 11.1 Å². The second-order valence-electron chi connectivity index (χ2n) is 4.84. The first-order valence-corrected chi connectivity index (χ1v) is 7.16. The predicted octanol–water partition coefficient (Wildman–Crippen LogP) is 3.82. The van der Waals surface area contributed by atoms with Gasteiger partial charge >= 0.3 is 5.97 Å². The van der Waals surface area contributed by atoms with Gasteiger partial charge in [0.05, 0.1) is 5.56 Å². The molecule has 1 aromatic carbocycles. The molecule has 0 aliphatic heterocycles. The van der Waals surface area contributed by atoms with E-state index in [1.54, 1.807) is 23.5 Å². The number of hydrogen-bond acceptors (Lipinski definition) is 4. The van der Waals surface area contributed by atoms with Crippen molar-refractivity contribution in [1.82, 2.24) is 0 Å². The smallest absolute Gasteiger partial charge is 0.337 e. The fourth-order valence-electron chi connectivity index (χ4n) is 2.26. The van der Waals surface area contributed by atoms with Gasteiger partial charge in [0.25, 0.3) is 0 Å². The molecule has 0 fully saturated rings. The molecule has 1 heterocycles. The zero-order chi connectivity index (χ0) is 14.9. The molecule has 0 saturated heterocycles. The van der Waals surface area contributed by atoms with E-state index >= 15 is 0 Å². The normalized spacial score (nSPS) is 12.2. The Bertz CT molecular complexity index is 649. The van der Waals surface area contributed by atoms with Gasteiger partial charge in [0.2, 0.25) is 0 Å². The summed E-state index contributed by atoms with van der Waals surface area (Å²) in [6.45, 7) is 6.27. The highest BCUT2D eigenvalue weighted by atomic mass is 32.1. The fourth-order valence-corrected chi connectivity index (χ4v) is 3.28. The van der Waals surface area contributed by atoms with E-state index in [1.165, 1.54) is 21.4 Å². The van der Waals surface area contributed by atoms with E-state index in [9.17, 15) is 4.79 Å². The summed E-state index contributed by atoms with van der Waals surface area (Å²) >= 11 is 1.78. The maximum Gasteiger partial charge on any atom is 0.337 e. The molecule has 2 rings (SSSR count). The average molecular weight is 290 g/mol. The van der Waals surface area contributed by atoms with E-state index < -0.39 is 5.97 Å². The third-order valence-corrected chi connectivity index (χ3v) is 4.19. The summed E-state index contributed by atoms with van der Waals surface area (Å²) in [5, 5.41) is 12.3. The van der Waals surface area contributed by atoms with Gasteiger partial charge in [-0.3, -0.25) is 0 Å². The molecule has 4 nitrogen and oxygen atoms in total. The number of rotatable bonds is 4. The van der Waals surface area contributed by atoms with Crippen LogP contribution in [0, 0.1) is 13.8 Å². The van der Waals surface area contributed by atoms with E-state index in [-0.39, 0.29) is 17.3 Å². The van der Waals surface area contributed by atoms with Crippen molar-refractivity contribution >= 4 is 28.7 Å². The van der Waals surface area contributed by atoms with Crippen LogP contribution in [0.1, 0.15) is 38.6 Å². The Balaban J connectivity index is 2.20. The maximum absolute atomic E-state index is 10.9. The zero-order valence-electron chi connectivity index (χ0n) is 11.7. The number of nitrogen functional groups attached to an aromatic ring is 1. The first-order chi connectivity index (χ1) is 9.38. The molecule has 4 N–H and O–H groups in total. The van der Waals surface area contributed by atoms with Gasteiger partial charge in [-0.2, -0.15) is 0 Å². The Hall–Kier alpha value is -2.01. The number of anilines is 2. The van der Waals surface area contributed by atoms with Crippen LogP contribution in [0.15, 0.2) is 24.3 Å². The lowest BCUT2D eigenvalue weighted by molar-refractivity contribution is 0.0698. The lowest BCUT2D eigenvalue weighted by Gasteiger charge is -2.16. The van der Waals surface area contributed by atoms with Crippen molar-refractivity contribution < 1.29 is 9.90 Å². The van der Waals surface area contributed by atoms with Crippen LogP contribution in [0.25, 0.3) is 0 Å². The van der Waals surface area contributed by atoms with E-state index in [0.717, 1.165) is 5.69 Å². The minimum Gasteiger partial charge on any atom is -0.478 e. The Kier molecular flexibility index (Phi) is 3.99. The maximum atomic E-state index is 10.9. The lowest BCUT2D eigenvalue weighted by Crippen LogP contribution is -2.08. The fraction of sp³-hybridized carbons (Fsp3) is 0.267. The summed E-state index contributed by atoms with van der Waals surface area (Å²) in [5.74, 6) is -1.01. The third-order valence-electron chi connectivity index (χ3n) is 3.21. The Morgan fingerprint density at radius 3 is 2.55 bits per heavy atom. The van der Waals surface area contributed by atoms with Gasteiger partial charge in [-0.05, 0) is 50.6 Å². The summed E-state index contributed by atoms with van der Waals surface area (Å²) in [6.07, 6.45) is 0. The number of benzene rings is 1. The summed E-state index contributed by atoms with van der Waals surface area (Å²) in [5.41, 5.74) is 8.23. The number of nitrogens with two attached hydrogens (primary N) is 1. The average Bonchev–Trinajstić information content (AvgIpc) is 2.68. The Morgan fingerprint density at radius 1 is 1.35 bits per heavy atom. The van der Waals surface area contributed by atoms with Crippen molar-refractivity contribution in [3.63, 3.8) is 0 Å². The van der Waals surface area contributed by atoms with Crippen LogP contribution in [-0.2, 0) is 0 Å². The summed E-state index contributed by atoms with van der Waals surface area (Å²) in [7, 11) is 0. The van der Waals surface area contributed by atoms with E-state index in [2.05, 4.69) is 32.2 Å². The summed E-state index contributed by atoms with van der Waals surface area (Å²) in [4.78, 5) is 13.5. The summed E-state index contributed by atoms with van der Waals surface area (Å²) < 4.78 is 0. The number of aromatic carboxylic acids is 1. The molecule has 0 spiro atoms. The molecule has 0 aliphatic rings. The highest BCUT2D eigenvalue weighted by Gasteiger charge is 2.13. The number of thiophene rings is 1. The number of carboxylic acid groups (broad SMARTS) is 1. The van der Waals surface area contributed by atoms with Crippen LogP contribution < -0.4 is 11.1 Å². The van der Waals surface area contributed by atoms with Crippen molar-refractivity contribution in [2.45, 2.75) is 26.8 Å². The first kappa shape index (κ1) is 14.4. The van der Waals surface area contributed by atoms with Gasteiger partial charge in [-0.15, -0.1) is 11.3 Å². The largest absolute Gasteiger partial charge is 0.478 e. The van der Waals surface area contributed by atoms with Gasteiger partial charge in [-0.1, -0.05) is 0 Å². The molecular formula is C15H18N2O2S. The van der Waals surface area contributed by atoms with Crippen molar-refractivity contribution in [3.05, 3.63) is 45.1 Å². The second kappa shape index (κ2) is 5.54. The molecule has 0 saturated carbocycles. The molecule has 106 valence electrons. The Labute approximate surface area is 122 Å². The third kappa shape index (κ3) is 2.93. The van der Waals surface area contributed by atoms with Gasteiger partial charge in [0.1, 0.15) is 0 Å². The number of hydrogen-bond donors (Lipinski definition) is 3. The molecule has 0 aliphatic carbocycles. The predicted molar refractivity (Wildman–Crippen MR) is 83.6 cm³/mol. The SMILES string of the molecule is Cc1cc(C(C)Nc2ccc(C(=O)O)c(N)c2)c(C)s1. The number of aryl methyl sites for hydroxylation is 2. The summed E-state index contributed by atoms with van der Waals surface area (Å²) in [6, 6.07) is 7.25. The van der Waals surface area contributed by atoms with Gasteiger partial charge < -0.3 is 16.2 Å². The highest BCUT2D eigenvalue weighted by molar-refractivity contribution is 7.12. The first-order valence-electron chi connectivity index (χ1n) is 6.34. The second-order valence-corrected chi connectivity index (χ2v) is 6.30. The van der Waals surface area contributed by atoms with Crippen molar-refractivity contribution in [2.24, 2.45) is 0 Å². The van der Waals surface area contributed by atoms with Crippen LogP contribution in [-0.4, -0.2) is 11.1 Å². The van der Waals surface area contributed by atoms with Crippen molar-refractivity contribution in [3.8, 4) is 0 Å².